The molecule has 0 fully saturated rings. The normalized spacial score (nSPS) is 9.80. The van der Waals surface area contributed by atoms with E-state index < -0.39 is 17.3 Å². The molecule has 0 atom stereocenters. The molecule has 1 aromatic rings. The van der Waals surface area contributed by atoms with Crippen molar-refractivity contribution < 1.29 is 4.79 Å². The van der Waals surface area contributed by atoms with Crippen molar-refractivity contribution in [2.45, 2.75) is 0 Å². The van der Waals surface area contributed by atoms with Crippen LogP contribution in [0.4, 0.5) is 10.6 Å². The van der Waals surface area contributed by atoms with Crippen LogP contribution >= 0.6 is 0 Å². The lowest BCUT2D eigenvalue weighted by atomic mass is 10.5. The number of hydrogen-bond acceptors (Lipinski definition) is 3. The third-order valence-electron chi connectivity index (χ3n) is 1.99. The SMILES string of the molecule is CNC(=O)Nc1cc(=O)n(C)c(=O)n1C. The molecule has 0 aliphatic rings. The minimum absolute atomic E-state index is 0.155. The number of hydrogen-bond donors (Lipinski definition) is 2. The fourth-order valence-electron chi connectivity index (χ4n) is 1.03. The van der Waals surface area contributed by atoms with Crippen molar-refractivity contribution in [2.75, 3.05) is 12.4 Å². The van der Waals surface area contributed by atoms with Gasteiger partial charge in [-0.05, 0) is 0 Å². The largest absolute Gasteiger partial charge is 0.341 e. The Morgan fingerprint density at radius 3 is 2.40 bits per heavy atom. The maximum absolute atomic E-state index is 11.4. The van der Waals surface area contributed by atoms with Crippen LogP contribution in [0.3, 0.4) is 0 Å². The van der Waals surface area contributed by atoms with E-state index >= 15 is 0 Å². The first-order valence-electron chi connectivity index (χ1n) is 4.23. The van der Waals surface area contributed by atoms with Crippen LogP contribution in [0.5, 0.6) is 0 Å². The zero-order chi connectivity index (χ0) is 11.6. The number of nitrogens with zero attached hydrogens (tertiary/aromatic N) is 2. The summed E-state index contributed by atoms with van der Waals surface area (Å²) < 4.78 is 2.13. The van der Waals surface area contributed by atoms with Gasteiger partial charge >= 0.3 is 11.7 Å². The number of carbonyl (C=O) groups excluding carboxylic acids is 1. The van der Waals surface area contributed by atoms with Crippen molar-refractivity contribution in [1.29, 1.82) is 0 Å². The van der Waals surface area contributed by atoms with Gasteiger partial charge in [0, 0.05) is 27.2 Å². The molecule has 1 aromatic heterocycles. The van der Waals surface area contributed by atoms with Gasteiger partial charge in [0.15, 0.2) is 0 Å². The number of amides is 2. The Morgan fingerprint density at radius 1 is 1.27 bits per heavy atom. The maximum atomic E-state index is 11.4. The fraction of sp³-hybridized carbons (Fsp3) is 0.375. The molecule has 1 rings (SSSR count). The summed E-state index contributed by atoms with van der Waals surface area (Å²) in [4.78, 5) is 33.7. The van der Waals surface area contributed by atoms with E-state index in [1.54, 1.807) is 0 Å². The number of urea groups is 1. The maximum Gasteiger partial charge on any atom is 0.332 e. The molecule has 2 N–H and O–H groups in total. The molecule has 0 aromatic carbocycles. The quantitative estimate of drug-likeness (QED) is 0.615. The minimum Gasteiger partial charge on any atom is -0.341 e. The van der Waals surface area contributed by atoms with Crippen LogP contribution in [0.2, 0.25) is 0 Å². The van der Waals surface area contributed by atoms with Crippen LogP contribution in [-0.2, 0) is 14.1 Å². The summed E-state index contributed by atoms with van der Waals surface area (Å²) in [5, 5.41) is 4.69. The molecule has 0 spiro atoms. The Labute approximate surface area is 85.3 Å². The predicted octanol–water partition coefficient (Wildman–Crippen LogP) is -1.16. The monoisotopic (exact) mass is 212 g/mol. The second-order valence-corrected chi connectivity index (χ2v) is 2.97. The van der Waals surface area contributed by atoms with Gasteiger partial charge in [0.25, 0.3) is 5.56 Å². The van der Waals surface area contributed by atoms with Gasteiger partial charge in [0.2, 0.25) is 0 Å². The van der Waals surface area contributed by atoms with E-state index in [0.717, 1.165) is 4.57 Å². The topological polar surface area (TPSA) is 85.1 Å². The lowest BCUT2D eigenvalue weighted by Gasteiger charge is -2.09. The van der Waals surface area contributed by atoms with Gasteiger partial charge in [-0.2, -0.15) is 0 Å². The molecule has 15 heavy (non-hydrogen) atoms. The van der Waals surface area contributed by atoms with Gasteiger partial charge in [0.1, 0.15) is 5.82 Å². The Morgan fingerprint density at radius 2 is 1.87 bits per heavy atom. The molecule has 7 nitrogen and oxygen atoms in total. The van der Waals surface area contributed by atoms with Crippen molar-refractivity contribution in [2.24, 2.45) is 14.1 Å². The summed E-state index contributed by atoms with van der Waals surface area (Å²) in [6, 6.07) is 0.689. The summed E-state index contributed by atoms with van der Waals surface area (Å²) in [6.45, 7) is 0. The first-order valence-corrected chi connectivity index (χ1v) is 4.23. The Bertz CT molecular complexity index is 500. The highest BCUT2D eigenvalue weighted by Gasteiger charge is 2.07. The summed E-state index contributed by atoms with van der Waals surface area (Å²) in [5.41, 5.74) is -0.960. The summed E-state index contributed by atoms with van der Waals surface area (Å²) in [7, 11) is 4.27. The fourth-order valence-corrected chi connectivity index (χ4v) is 1.03. The van der Waals surface area contributed by atoms with Crippen LogP contribution in [0.25, 0.3) is 0 Å². The lowest BCUT2D eigenvalue weighted by Crippen LogP contribution is -2.39. The highest BCUT2D eigenvalue weighted by molar-refractivity contribution is 5.87. The van der Waals surface area contributed by atoms with Crippen LogP contribution in [0, 0.1) is 0 Å². The van der Waals surface area contributed by atoms with Crippen LogP contribution in [0.1, 0.15) is 0 Å². The predicted molar refractivity (Wildman–Crippen MR) is 55.0 cm³/mol. The summed E-state index contributed by atoms with van der Waals surface area (Å²) in [5.74, 6) is 0.155. The second-order valence-electron chi connectivity index (χ2n) is 2.97. The van der Waals surface area contributed by atoms with E-state index in [0.29, 0.717) is 0 Å². The molecular formula is C8H12N4O3. The molecular weight excluding hydrogens is 200 g/mol. The number of nitrogens with one attached hydrogen (secondary N) is 2. The van der Waals surface area contributed by atoms with E-state index in [-0.39, 0.29) is 5.82 Å². The average molecular weight is 212 g/mol. The Hall–Kier alpha value is -2.05. The number of aromatic nitrogens is 2. The summed E-state index contributed by atoms with van der Waals surface area (Å²) >= 11 is 0. The first kappa shape index (κ1) is 11.0. The molecule has 0 bridgehead atoms. The van der Waals surface area contributed by atoms with E-state index in [1.807, 2.05) is 0 Å². The van der Waals surface area contributed by atoms with E-state index in [1.165, 1.54) is 31.8 Å². The molecule has 0 aliphatic heterocycles. The smallest absolute Gasteiger partial charge is 0.332 e. The van der Waals surface area contributed by atoms with Gasteiger partial charge < -0.3 is 5.32 Å². The highest BCUT2D eigenvalue weighted by Crippen LogP contribution is 1.96. The highest BCUT2D eigenvalue weighted by atomic mass is 16.2. The third kappa shape index (κ3) is 2.06. The third-order valence-corrected chi connectivity index (χ3v) is 1.99. The van der Waals surface area contributed by atoms with Crippen molar-refractivity contribution in [3.8, 4) is 0 Å². The standard InChI is InChI=1S/C8H12N4O3/c1-9-7(14)10-5-4-6(13)12(3)8(15)11(5)2/h4H,1-3H3,(H2,9,10,14). The molecule has 0 unspecified atom stereocenters. The molecule has 82 valence electrons. The zero-order valence-corrected chi connectivity index (χ0v) is 8.70. The Balaban J connectivity index is 3.27. The lowest BCUT2D eigenvalue weighted by molar-refractivity contribution is 0.253. The van der Waals surface area contributed by atoms with Gasteiger partial charge in [0.05, 0.1) is 0 Å². The van der Waals surface area contributed by atoms with Crippen LogP contribution in [0.15, 0.2) is 15.7 Å². The van der Waals surface area contributed by atoms with Crippen molar-refractivity contribution in [1.82, 2.24) is 14.5 Å². The Kier molecular flexibility index (Phi) is 2.93. The number of rotatable bonds is 1. The molecule has 0 saturated carbocycles. The number of carbonyl (C=O) groups is 1. The zero-order valence-electron chi connectivity index (χ0n) is 8.70. The average Bonchev–Trinajstić information content (AvgIpc) is 2.22. The van der Waals surface area contributed by atoms with Crippen LogP contribution in [-0.4, -0.2) is 22.2 Å². The van der Waals surface area contributed by atoms with Gasteiger partial charge in [-0.3, -0.25) is 19.2 Å². The molecule has 7 heteroatoms. The second kappa shape index (κ2) is 3.99. The van der Waals surface area contributed by atoms with E-state index in [4.69, 9.17) is 0 Å². The molecule has 0 saturated heterocycles. The molecule has 1 heterocycles. The van der Waals surface area contributed by atoms with E-state index in [2.05, 4.69) is 10.6 Å². The molecule has 2 amide bonds. The van der Waals surface area contributed by atoms with E-state index in [9.17, 15) is 14.4 Å². The first-order chi connectivity index (χ1) is 6.97. The molecule has 0 aliphatic carbocycles. The van der Waals surface area contributed by atoms with Gasteiger partial charge in [-0.15, -0.1) is 0 Å². The van der Waals surface area contributed by atoms with Crippen LogP contribution < -0.4 is 21.9 Å². The number of anilines is 1. The van der Waals surface area contributed by atoms with Crippen molar-refractivity contribution >= 4 is 11.8 Å². The van der Waals surface area contributed by atoms with Gasteiger partial charge in [-0.1, -0.05) is 0 Å². The summed E-state index contributed by atoms with van der Waals surface area (Å²) in [6.07, 6.45) is 0. The van der Waals surface area contributed by atoms with Crippen molar-refractivity contribution in [3.63, 3.8) is 0 Å². The van der Waals surface area contributed by atoms with Crippen molar-refractivity contribution in [3.05, 3.63) is 26.9 Å². The molecule has 0 radical (unpaired) electrons. The minimum atomic E-state index is -0.492. The van der Waals surface area contributed by atoms with Gasteiger partial charge in [-0.25, -0.2) is 9.59 Å².